The second kappa shape index (κ2) is 14.4. The number of para-hydroxylation sites is 4. The summed E-state index contributed by atoms with van der Waals surface area (Å²) in [6.45, 7) is 0. The number of fused-ring (bicyclic) bond motifs is 12. The standard InChI is InChI=1S/C62H42N4O/c1-63-51-23-7-3-19-45(51)49-37-41(31-33-53(49)63)39-15-11-17-43(35-39)65-55-25-9-5-21-47(55)61-57(65)27-13-29-59(61)67-60-30-14-28-58-62(60)48-22-6-10-26-56(48)66(58)44-18-12-16-40(36-44)42-32-34-54-50(38-42)46-20-4-8-24-52(46)64(54)2/h3-38H,1-2H3. The van der Waals surface area contributed by atoms with E-state index in [1.807, 2.05) is 0 Å². The molecule has 0 amide bonds. The SMILES string of the molecule is Cn1c2ccccc2c2cc(-c3cccc(-n4c5ccccc5c5c(Oc6cccc7c6c6ccccc6n7-c6cccc(-c7ccc8c(c7)c7ccccc7n8C)c6)cccc54)c3)ccc21. The quantitative estimate of drug-likeness (QED) is 0.164. The Labute approximate surface area is 386 Å². The lowest BCUT2D eigenvalue weighted by Crippen LogP contribution is -1.95. The molecule has 10 aromatic carbocycles. The van der Waals surface area contributed by atoms with Gasteiger partial charge >= 0.3 is 0 Å². The number of hydrogen-bond acceptors (Lipinski definition) is 1. The molecule has 67 heavy (non-hydrogen) atoms. The molecule has 0 saturated heterocycles. The predicted molar refractivity (Wildman–Crippen MR) is 280 cm³/mol. The molecule has 0 N–H and O–H groups in total. The van der Waals surface area contributed by atoms with Gasteiger partial charge in [0.05, 0.1) is 32.8 Å². The van der Waals surface area contributed by atoms with Gasteiger partial charge in [0, 0.05) is 79.9 Å². The first-order valence-electron chi connectivity index (χ1n) is 23.0. The molecule has 4 aromatic heterocycles. The van der Waals surface area contributed by atoms with Gasteiger partial charge in [-0.2, -0.15) is 0 Å². The molecule has 0 spiro atoms. The van der Waals surface area contributed by atoms with Gasteiger partial charge < -0.3 is 23.0 Å². The number of benzene rings is 10. The molecule has 316 valence electrons. The first-order valence-corrected chi connectivity index (χ1v) is 23.0. The fraction of sp³-hybridized carbons (Fsp3) is 0.0323. The average molecular weight is 859 g/mol. The summed E-state index contributed by atoms with van der Waals surface area (Å²) in [4.78, 5) is 0. The van der Waals surface area contributed by atoms with Crippen molar-refractivity contribution in [2.45, 2.75) is 0 Å². The predicted octanol–water partition coefficient (Wildman–Crippen LogP) is 16.3. The third kappa shape index (κ3) is 5.55. The highest BCUT2D eigenvalue weighted by Gasteiger charge is 2.21. The van der Waals surface area contributed by atoms with Crippen LogP contribution in [-0.4, -0.2) is 18.3 Å². The molecule has 0 aliphatic heterocycles. The van der Waals surface area contributed by atoms with Crippen LogP contribution in [0.1, 0.15) is 0 Å². The Morgan fingerprint density at radius 1 is 0.269 bits per heavy atom. The minimum Gasteiger partial charge on any atom is -0.456 e. The van der Waals surface area contributed by atoms with Gasteiger partial charge in [-0.15, -0.1) is 0 Å². The Balaban J connectivity index is 0.886. The van der Waals surface area contributed by atoms with Crippen LogP contribution in [0.25, 0.3) is 121 Å². The Morgan fingerprint density at radius 2 is 0.627 bits per heavy atom. The van der Waals surface area contributed by atoms with Gasteiger partial charge in [-0.25, -0.2) is 0 Å². The highest BCUT2D eigenvalue weighted by Crippen LogP contribution is 2.44. The number of ether oxygens (including phenoxy) is 1. The van der Waals surface area contributed by atoms with Gasteiger partial charge in [0.1, 0.15) is 11.5 Å². The van der Waals surface area contributed by atoms with E-state index >= 15 is 0 Å². The normalized spacial score (nSPS) is 12.0. The molecule has 0 radical (unpaired) electrons. The molecule has 0 saturated carbocycles. The highest BCUT2D eigenvalue weighted by atomic mass is 16.5. The topological polar surface area (TPSA) is 28.9 Å². The minimum absolute atomic E-state index is 0.820. The molecule has 14 aromatic rings. The Morgan fingerprint density at radius 3 is 1.09 bits per heavy atom. The molecule has 5 heteroatoms. The first kappa shape index (κ1) is 37.6. The van der Waals surface area contributed by atoms with Crippen molar-refractivity contribution in [2.24, 2.45) is 14.1 Å². The van der Waals surface area contributed by atoms with Crippen molar-refractivity contribution in [3.05, 3.63) is 218 Å². The Kier molecular flexibility index (Phi) is 8.05. The Hall–Kier alpha value is -8.80. The zero-order valence-corrected chi connectivity index (χ0v) is 37.0. The van der Waals surface area contributed by atoms with E-state index in [4.69, 9.17) is 4.74 Å². The van der Waals surface area contributed by atoms with Crippen LogP contribution < -0.4 is 4.74 Å². The van der Waals surface area contributed by atoms with Crippen molar-refractivity contribution >= 4 is 87.2 Å². The van der Waals surface area contributed by atoms with Crippen molar-refractivity contribution in [1.29, 1.82) is 0 Å². The maximum absolute atomic E-state index is 7.23. The summed E-state index contributed by atoms with van der Waals surface area (Å²) in [6, 6.07) is 79.2. The van der Waals surface area contributed by atoms with E-state index in [2.05, 4.69) is 251 Å². The van der Waals surface area contributed by atoms with Crippen molar-refractivity contribution in [3.8, 4) is 45.1 Å². The van der Waals surface area contributed by atoms with Crippen molar-refractivity contribution in [1.82, 2.24) is 18.3 Å². The van der Waals surface area contributed by atoms with Gasteiger partial charge in [-0.1, -0.05) is 121 Å². The van der Waals surface area contributed by atoms with Crippen molar-refractivity contribution < 1.29 is 4.74 Å². The summed E-state index contributed by atoms with van der Waals surface area (Å²) in [7, 11) is 4.30. The van der Waals surface area contributed by atoms with Crippen molar-refractivity contribution in [2.75, 3.05) is 0 Å². The smallest absolute Gasteiger partial charge is 0.137 e. The fourth-order valence-electron chi connectivity index (χ4n) is 11.2. The second-order valence-electron chi connectivity index (χ2n) is 17.8. The van der Waals surface area contributed by atoms with Gasteiger partial charge in [0.25, 0.3) is 0 Å². The second-order valence-corrected chi connectivity index (χ2v) is 17.8. The summed E-state index contributed by atoms with van der Waals surface area (Å²) in [5, 5.41) is 9.52. The van der Waals surface area contributed by atoms with E-state index in [1.165, 1.54) is 65.9 Å². The molecule has 0 aliphatic rings. The number of hydrogen-bond donors (Lipinski definition) is 0. The molecule has 5 nitrogen and oxygen atoms in total. The third-order valence-corrected chi connectivity index (χ3v) is 14.2. The lowest BCUT2D eigenvalue weighted by Gasteiger charge is -2.13. The summed E-state index contributed by atoms with van der Waals surface area (Å²) >= 11 is 0. The molecule has 0 atom stereocenters. The molecule has 0 fully saturated rings. The van der Waals surface area contributed by atoms with E-state index < -0.39 is 0 Å². The van der Waals surface area contributed by atoms with Crippen LogP contribution in [0.5, 0.6) is 11.5 Å². The number of rotatable bonds is 6. The van der Waals surface area contributed by atoms with E-state index in [0.717, 1.165) is 66.5 Å². The van der Waals surface area contributed by atoms with Crippen LogP contribution in [-0.2, 0) is 14.1 Å². The minimum atomic E-state index is 0.820. The van der Waals surface area contributed by atoms with Gasteiger partial charge in [0.15, 0.2) is 0 Å². The molecular weight excluding hydrogens is 817 g/mol. The molecule has 0 aliphatic carbocycles. The number of aryl methyl sites for hydroxylation is 2. The zero-order valence-electron chi connectivity index (χ0n) is 37.0. The van der Waals surface area contributed by atoms with Gasteiger partial charge in [0.2, 0.25) is 0 Å². The van der Waals surface area contributed by atoms with E-state index in [-0.39, 0.29) is 0 Å². The first-order chi connectivity index (χ1) is 33.1. The van der Waals surface area contributed by atoms with Gasteiger partial charge in [-0.05, 0) is 119 Å². The summed E-state index contributed by atoms with van der Waals surface area (Å²) in [5.74, 6) is 1.64. The number of nitrogens with zero attached hydrogens (tertiary/aromatic N) is 4. The lowest BCUT2D eigenvalue weighted by atomic mass is 10.0. The van der Waals surface area contributed by atoms with Crippen molar-refractivity contribution in [3.63, 3.8) is 0 Å². The monoisotopic (exact) mass is 858 g/mol. The van der Waals surface area contributed by atoms with Gasteiger partial charge in [-0.3, -0.25) is 0 Å². The van der Waals surface area contributed by atoms with Crippen LogP contribution in [0.15, 0.2) is 218 Å². The van der Waals surface area contributed by atoms with E-state index in [1.54, 1.807) is 0 Å². The molecule has 0 unspecified atom stereocenters. The largest absolute Gasteiger partial charge is 0.456 e. The molecular formula is C62H42N4O. The maximum Gasteiger partial charge on any atom is 0.137 e. The van der Waals surface area contributed by atoms with Crippen LogP contribution in [0.3, 0.4) is 0 Å². The lowest BCUT2D eigenvalue weighted by molar-refractivity contribution is 0.495. The maximum atomic E-state index is 7.23. The Bertz CT molecular complexity index is 4070. The van der Waals surface area contributed by atoms with E-state index in [0.29, 0.717) is 0 Å². The number of aromatic nitrogens is 4. The fourth-order valence-corrected chi connectivity index (χ4v) is 11.2. The van der Waals surface area contributed by atoms with Crippen LogP contribution in [0.4, 0.5) is 0 Å². The van der Waals surface area contributed by atoms with Crippen LogP contribution >= 0.6 is 0 Å². The summed E-state index contributed by atoms with van der Waals surface area (Å²) in [5.41, 5.74) is 16.3. The highest BCUT2D eigenvalue weighted by molar-refractivity contribution is 6.15. The van der Waals surface area contributed by atoms with Crippen LogP contribution in [0.2, 0.25) is 0 Å². The van der Waals surface area contributed by atoms with Crippen LogP contribution in [0, 0.1) is 0 Å². The average Bonchev–Trinajstić information content (AvgIpc) is 4.09. The third-order valence-electron chi connectivity index (χ3n) is 14.2. The molecule has 0 bridgehead atoms. The summed E-state index contributed by atoms with van der Waals surface area (Å²) < 4.78 is 16.6. The zero-order chi connectivity index (χ0) is 44.3. The summed E-state index contributed by atoms with van der Waals surface area (Å²) in [6.07, 6.45) is 0. The van der Waals surface area contributed by atoms with E-state index in [9.17, 15) is 0 Å². The molecule has 14 rings (SSSR count). The molecule has 4 heterocycles.